The largest absolute Gasteiger partial charge is 0.480 e. The van der Waals surface area contributed by atoms with Gasteiger partial charge < -0.3 is 19.2 Å². The summed E-state index contributed by atoms with van der Waals surface area (Å²) in [6, 6.07) is 3.59. The van der Waals surface area contributed by atoms with Crippen LogP contribution in [0.5, 0.6) is 11.8 Å². The fraction of sp³-hybridized carbons (Fsp3) is 0.385. The average Bonchev–Trinajstić information content (AvgIpc) is 2.86. The highest BCUT2D eigenvalue weighted by atomic mass is 16.5. The number of furan rings is 1. The van der Waals surface area contributed by atoms with Gasteiger partial charge in [0, 0.05) is 0 Å². The van der Waals surface area contributed by atoms with Crippen molar-refractivity contribution in [1.29, 1.82) is 0 Å². The molecule has 1 atom stereocenters. The van der Waals surface area contributed by atoms with Crippen LogP contribution in [0.4, 0.5) is 0 Å². The van der Waals surface area contributed by atoms with Crippen LogP contribution in [-0.4, -0.2) is 31.2 Å². The van der Waals surface area contributed by atoms with E-state index in [-0.39, 0.29) is 6.04 Å². The van der Waals surface area contributed by atoms with E-state index in [1.165, 1.54) is 7.11 Å². The summed E-state index contributed by atoms with van der Waals surface area (Å²) in [6.07, 6.45) is 1.55. The Morgan fingerprint density at radius 1 is 1.26 bits per heavy atom. The zero-order chi connectivity index (χ0) is 13.8. The van der Waals surface area contributed by atoms with Crippen LogP contribution in [0.3, 0.4) is 0 Å². The van der Waals surface area contributed by atoms with Gasteiger partial charge in [-0.25, -0.2) is 4.98 Å². The quantitative estimate of drug-likeness (QED) is 0.885. The van der Waals surface area contributed by atoms with Gasteiger partial charge in [0.05, 0.1) is 20.4 Å². The lowest BCUT2D eigenvalue weighted by atomic mass is 10.1. The zero-order valence-electron chi connectivity index (χ0n) is 11.4. The molecule has 19 heavy (non-hydrogen) atoms. The van der Waals surface area contributed by atoms with Gasteiger partial charge in [0.2, 0.25) is 11.8 Å². The van der Waals surface area contributed by atoms with Crippen molar-refractivity contribution >= 4 is 0 Å². The smallest absolute Gasteiger partial charge is 0.240 e. The summed E-state index contributed by atoms with van der Waals surface area (Å²) in [7, 11) is 4.91. The maximum atomic E-state index is 5.63. The summed E-state index contributed by atoms with van der Waals surface area (Å²) in [6.45, 7) is 1.90. The van der Waals surface area contributed by atoms with Crippen LogP contribution < -0.4 is 14.8 Å². The molecule has 6 nitrogen and oxygen atoms in total. The summed E-state index contributed by atoms with van der Waals surface area (Å²) >= 11 is 0. The van der Waals surface area contributed by atoms with Gasteiger partial charge in [-0.15, -0.1) is 0 Å². The van der Waals surface area contributed by atoms with Crippen molar-refractivity contribution in [2.24, 2.45) is 0 Å². The minimum absolute atomic E-state index is 0.220. The second kappa shape index (κ2) is 5.71. The van der Waals surface area contributed by atoms with E-state index in [0.29, 0.717) is 17.5 Å². The molecule has 0 saturated carbocycles. The third-order valence-corrected chi connectivity index (χ3v) is 2.76. The van der Waals surface area contributed by atoms with E-state index < -0.39 is 0 Å². The van der Waals surface area contributed by atoms with E-state index in [0.717, 1.165) is 11.5 Å². The maximum absolute atomic E-state index is 5.63. The summed E-state index contributed by atoms with van der Waals surface area (Å²) < 4.78 is 15.9. The number of ether oxygens (including phenoxy) is 2. The van der Waals surface area contributed by atoms with Crippen LogP contribution in [0.2, 0.25) is 0 Å². The number of nitrogens with one attached hydrogen (secondary N) is 1. The third kappa shape index (κ3) is 2.68. The Labute approximate surface area is 111 Å². The number of methoxy groups -OCH3 is 2. The lowest BCUT2D eigenvalue weighted by molar-refractivity contribution is 0.348. The molecule has 0 fully saturated rings. The second-order valence-corrected chi connectivity index (χ2v) is 3.98. The molecule has 0 aromatic carbocycles. The molecule has 0 aliphatic rings. The lowest BCUT2D eigenvalue weighted by Gasteiger charge is -2.15. The van der Waals surface area contributed by atoms with Crippen LogP contribution in [0.15, 0.2) is 22.7 Å². The number of nitrogens with zero attached hydrogens (tertiary/aromatic N) is 2. The van der Waals surface area contributed by atoms with E-state index in [1.807, 2.05) is 26.1 Å². The molecule has 2 aromatic rings. The lowest BCUT2D eigenvalue weighted by Crippen LogP contribution is -2.19. The van der Waals surface area contributed by atoms with E-state index in [4.69, 9.17) is 13.9 Å². The first kappa shape index (κ1) is 13.4. The molecular weight excluding hydrogens is 246 g/mol. The molecule has 2 rings (SSSR count). The molecule has 0 radical (unpaired) electrons. The first-order valence-corrected chi connectivity index (χ1v) is 5.88. The van der Waals surface area contributed by atoms with Gasteiger partial charge in [-0.1, -0.05) is 0 Å². The zero-order valence-corrected chi connectivity index (χ0v) is 11.4. The van der Waals surface area contributed by atoms with Crippen molar-refractivity contribution in [3.63, 3.8) is 0 Å². The first-order valence-electron chi connectivity index (χ1n) is 5.88. The number of aryl methyl sites for hydroxylation is 1. The number of hydrogen-bond donors (Lipinski definition) is 1. The second-order valence-electron chi connectivity index (χ2n) is 3.98. The average molecular weight is 263 g/mol. The molecule has 2 heterocycles. The molecule has 0 spiro atoms. The summed E-state index contributed by atoms with van der Waals surface area (Å²) in [5.41, 5.74) is 0.653. The van der Waals surface area contributed by atoms with Crippen molar-refractivity contribution < 1.29 is 13.9 Å². The summed E-state index contributed by atoms with van der Waals surface area (Å²) in [4.78, 5) is 8.56. The van der Waals surface area contributed by atoms with Crippen LogP contribution >= 0.6 is 0 Å². The van der Waals surface area contributed by atoms with Crippen LogP contribution in [0.1, 0.15) is 23.3 Å². The third-order valence-electron chi connectivity index (χ3n) is 2.76. The molecule has 0 bridgehead atoms. The highest BCUT2D eigenvalue weighted by Gasteiger charge is 2.22. The fourth-order valence-electron chi connectivity index (χ4n) is 1.84. The molecule has 1 N–H and O–H groups in total. The highest BCUT2D eigenvalue weighted by molar-refractivity contribution is 5.31. The maximum Gasteiger partial charge on any atom is 0.240 e. The topological polar surface area (TPSA) is 69.4 Å². The number of rotatable bonds is 5. The minimum Gasteiger partial charge on any atom is -0.480 e. The minimum atomic E-state index is -0.220. The van der Waals surface area contributed by atoms with Crippen molar-refractivity contribution in [3.8, 4) is 11.8 Å². The number of hydrogen-bond acceptors (Lipinski definition) is 6. The van der Waals surface area contributed by atoms with Gasteiger partial charge in [-0.2, -0.15) is 4.98 Å². The van der Waals surface area contributed by atoms with Crippen molar-refractivity contribution in [2.75, 3.05) is 21.3 Å². The van der Waals surface area contributed by atoms with Crippen LogP contribution in [0.25, 0.3) is 0 Å². The molecule has 0 amide bonds. The van der Waals surface area contributed by atoms with E-state index in [9.17, 15) is 0 Å². The molecule has 2 aromatic heterocycles. The van der Waals surface area contributed by atoms with E-state index >= 15 is 0 Å². The Morgan fingerprint density at radius 2 is 2.05 bits per heavy atom. The van der Waals surface area contributed by atoms with Gasteiger partial charge in [-0.3, -0.25) is 0 Å². The highest BCUT2D eigenvalue weighted by Crippen LogP contribution is 2.28. The van der Waals surface area contributed by atoms with Gasteiger partial charge >= 0.3 is 0 Å². The normalized spacial score (nSPS) is 12.2. The van der Waals surface area contributed by atoms with Crippen LogP contribution in [0, 0.1) is 6.92 Å². The molecule has 0 saturated heterocycles. The Kier molecular flexibility index (Phi) is 4.01. The summed E-state index contributed by atoms with van der Waals surface area (Å²) in [5.74, 6) is 2.42. The van der Waals surface area contributed by atoms with E-state index in [2.05, 4.69) is 15.3 Å². The monoisotopic (exact) mass is 263 g/mol. The molecule has 102 valence electrons. The Morgan fingerprint density at radius 3 is 2.58 bits per heavy atom. The van der Waals surface area contributed by atoms with Crippen LogP contribution in [-0.2, 0) is 0 Å². The molecular formula is C13H17N3O3. The van der Waals surface area contributed by atoms with Crippen molar-refractivity contribution in [3.05, 3.63) is 35.5 Å². The van der Waals surface area contributed by atoms with Gasteiger partial charge in [0.15, 0.2) is 0 Å². The molecule has 0 aliphatic heterocycles. The van der Waals surface area contributed by atoms with Gasteiger partial charge in [0.1, 0.15) is 23.3 Å². The standard InChI is InChI=1S/C13H17N3O3/c1-8-5-6-9(19-8)11(14-2)12-13(18-4)16-10(17-3)7-15-12/h5-7,11,14H,1-4H3. The van der Waals surface area contributed by atoms with Crippen molar-refractivity contribution in [1.82, 2.24) is 15.3 Å². The predicted molar refractivity (Wildman–Crippen MR) is 69.5 cm³/mol. The molecule has 1 unspecified atom stereocenters. The number of aromatic nitrogens is 2. The van der Waals surface area contributed by atoms with Crippen molar-refractivity contribution in [2.45, 2.75) is 13.0 Å². The fourth-order valence-corrected chi connectivity index (χ4v) is 1.84. The van der Waals surface area contributed by atoms with Gasteiger partial charge in [0.25, 0.3) is 0 Å². The first-order chi connectivity index (χ1) is 9.19. The Balaban J connectivity index is 2.43. The summed E-state index contributed by atoms with van der Waals surface area (Å²) in [5, 5.41) is 3.14. The Hall–Kier alpha value is -2.08. The van der Waals surface area contributed by atoms with Gasteiger partial charge in [-0.05, 0) is 26.1 Å². The van der Waals surface area contributed by atoms with E-state index in [1.54, 1.807) is 13.3 Å². The predicted octanol–water partition coefficient (Wildman–Crippen LogP) is 1.70. The molecule has 0 aliphatic carbocycles. The SMILES string of the molecule is CNC(c1ccc(C)o1)c1ncc(OC)nc1OC. The molecule has 6 heteroatoms. The Bertz CT molecular complexity index is 554.